The van der Waals surface area contributed by atoms with E-state index in [0.29, 0.717) is 6.42 Å². The lowest BCUT2D eigenvalue weighted by molar-refractivity contribution is -0.137. The molecule has 0 radical (unpaired) electrons. The van der Waals surface area contributed by atoms with E-state index >= 15 is 0 Å². The molecule has 3 heteroatoms. The van der Waals surface area contributed by atoms with E-state index in [1.807, 2.05) is 12.1 Å². The molecule has 1 aliphatic rings. The number of aliphatic carboxylic acids is 1. The molecular weight excluding hydrogens is 216 g/mol. The number of hydrogen-bond donors (Lipinski definition) is 2. The number of aliphatic hydroxyl groups is 1. The molecule has 2 N–H and O–H groups in total. The highest BCUT2D eigenvalue weighted by Gasteiger charge is 2.43. The average molecular weight is 234 g/mol. The standard InChI is InChI=1S/C14H18O3/c15-10-14(8-9-14)12-6-4-11(5-7-12)2-1-3-13(16)17/h4-7,15H,1-3,8-10H2,(H,16,17). The summed E-state index contributed by atoms with van der Waals surface area (Å²) in [7, 11) is 0. The molecule has 17 heavy (non-hydrogen) atoms. The van der Waals surface area contributed by atoms with Crippen molar-refractivity contribution < 1.29 is 15.0 Å². The molecule has 1 aliphatic carbocycles. The Kier molecular flexibility index (Phi) is 3.48. The zero-order chi connectivity index (χ0) is 12.3. The first-order valence-electron chi connectivity index (χ1n) is 6.08. The Morgan fingerprint density at radius 1 is 1.24 bits per heavy atom. The molecule has 0 amide bonds. The molecule has 0 atom stereocenters. The van der Waals surface area contributed by atoms with Crippen LogP contribution in [-0.2, 0) is 16.6 Å². The Hall–Kier alpha value is -1.35. The Labute approximate surface area is 101 Å². The average Bonchev–Trinajstić information content (AvgIpc) is 3.10. The minimum Gasteiger partial charge on any atom is -0.481 e. The van der Waals surface area contributed by atoms with Gasteiger partial charge in [0.15, 0.2) is 0 Å². The van der Waals surface area contributed by atoms with E-state index in [9.17, 15) is 9.90 Å². The summed E-state index contributed by atoms with van der Waals surface area (Å²) in [5.74, 6) is -0.737. The van der Waals surface area contributed by atoms with Crippen molar-refractivity contribution in [2.24, 2.45) is 0 Å². The Balaban J connectivity index is 1.92. The van der Waals surface area contributed by atoms with E-state index in [0.717, 1.165) is 19.3 Å². The molecule has 0 bridgehead atoms. The third-order valence-electron chi connectivity index (χ3n) is 3.58. The third kappa shape index (κ3) is 2.86. The highest BCUT2D eigenvalue weighted by atomic mass is 16.4. The van der Waals surface area contributed by atoms with Gasteiger partial charge in [0.25, 0.3) is 0 Å². The maximum Gasteiger partial charge on any atom is 0.303 e. The van der Waals surface area contributed by atoms with Gasteiger partial charge in [0.2, 0.25) is 0 Å². The molecule has 3 nitrogen and oxygen atoms in total. The summed E-state index contributed by atoms with van der Waals surface area (Å²) in [6, 6.07) is 8.23. The van der Waals surface area contributed by atoms with Gasteiger partial charge in [-0.3, -0.25) is 4.79 Å². The van der Waals surface area contributed by atoms with Crippen molar-refractivity contribution in [1.29, 1.82) is 0 Å². The Bertz CT molecular complexity index is 390. The highest BCUT2D eigenvalue weighted by molar-refractivity contribution is 5.66. The van der Waals surface area contributed by atoms with E-state index in [-0.39, 0.29) is 18.4 Å². The van der Waals surface area contributed by atoms with Crippen LogP contribution in [0.4, 0.5) is 0 Å². The summed E-state index contributed by atoms with van der Waals surface area (Å²) in [5.41, 5.74) is 2.41. The molecule has 0 saturated heterocycles. The number of carboxylic acid groups (broad SMARTS) is 1. The predicted molar refractivity (Wildman–Crippen MR) is 65.0 cm³/mol. The number of hydrogen-bond acceptors (Lipinski definition) is 2. The molecule has 0 heterocycles. The maximum absolute atomic E-state index is 10.4. The molecule has 92 valence electrons. The first-order valence-corrected chi connectivity index (χ1v) is 6.08. The van der Waals surface area contributed by atoms with Crippen LogP contribution in [0.25, 0.3) is 0 Å². The lowest BCUT2D eigenvalue weighted by Gasteiger charge is -2.12. The summed E-state index contributed by atoms with van der Waals surface area (Å²) in [5, 5.41) is 17.9. The molecule has 0 spiro atoms. The van der Waals surface area contributed by atoms with Gasteiger partial charge in [-0.15, -0.1) is 0 Å². The summed E-state index contributed by atoms with van der Waals surface area (Å²) >= 11 is 0. The minimum atomic E-state index is -0.737. The monoisotopic (exact) mass is 234 g/mol. The van der Waals surface area contributed by atoms with Gasteiger partial charge >= 0.3 is 5.97 Å². The SMILES string of the molecule is O=C(O)CCCc1ccc(C2(CO)CC2)cc1. The van der Waals surface area contributed by atoms with E-state index < -0.39 is 5.97 Å². The van der Waals surface area contributed by atoms with Crippen molar-refractivity contribution in [3.63, 3.8) is 0 Å². The third-order valence-corrected chi connectivity index (χ3v) is 3.58. The van der Waals surface area contributed by atoms with E-state index in [1.54, 1.807) is 0 Å². The molecule has 0 aliphatic heterocycles. The molecule has 0 aromatic heterocycles. The van der Waals surface area contributed by atoms with Gasteiger partial charge in [-0.1, -0.05) is 24.3 Å². The van der Waals surface area contributed by atoms with Crippen LogP contribution >= 0.6 is 0 Å². The van der Waals surface area contributed by atoms with Crippen molar-refractivity contribution in [2.45, 2.75) is 37.5 Å². The second-order valence-corrected chi connectivity index (χ2v) is 4.88. The predicted octanol–water partition coefficient (Wildman–Crippen LogP) is 2.12. The number of benzene rings is 1. The quantitative estimate of drug-likeness (QED) is 0.792. The lowest BCUT2D eigenvalue weighted by Crippen LogP contribution is -2.11. The van der Waals surface area contributed by atoms with Crippen LogP contribution in [0.1, 0.15) is 36.8 Å². The van der Waals surface area contributed by atoms with Crippen molar-refractivity contribution in [3.05, 3.63) is 35.4 Å². The topological polar surface area (TPSA) is 57.5 Å². The fraction of sp³-hybridized carbons (Fsp3) is 0.500. The van der Waals surface area contributed by atoms with Crippen LogP contribution < -0.4 is 0 Å². The molecule has 1 aromatic rings. The zero-order valence-electron chi connectivity index (χ0n) is 9.85. The molecule has 1 saturated carbocycles. The van der Waals surface area contributed by atoms with Crippen molar-refractivity contribution >= 4 is 5.97 Å². The molecule has 0 unspecified atom stereocenters. The number of carbonyl (C=O) groups is 1. The van der Waals surface area contributed by atoms with E-state index in [2.05, 4.69) is 12.1 Å². The highest BCUT2D eigenvalue weighted by Crippen LogP contribution is 2.47. The van der Waals surface area contributed by atoms with Crippen LogP contribution in [0.2, 0.25) is 0 Å². The normalized spacial score (nSPS) is 16.8. The van der Waals surface area contributed by atoms with Crippen LogP contribution in [0.15, 0.2) is 24.3 Å². The van der Waals surface area contributed by atoms with E-state index in [4.69, 9.17) is 5.11 Å². The summed E-state index contributed by atoms with van der Waals surface area (Å²) in [6.45, 7) is 0.228. The maximum atomic E-state index is 10.4. The second kappa shape index (κ2) is 4.88. The molecular formula is C14H18O3. The van der Waals surface area contributed by atoms with Crippen molar-refractivity contribution in [1.82, 2.24) is 0 Å². The van der Waals surface area contributed by atoms with Gasteiger partial charge in [-0.25, -0.2) is 0 Å². The fourth-order valence-electron chi connectivity index (χ4n) is 2.16. The zero-order valence-corrected chi connectivity index (χ0v) is 9.85. The van der Waals surface area contributed by atoms with Gasteiger partial charge in [0.05, 0.1) is 6.61 Å². The Morgan fingerprint density at radius 3 is 2.35 bits per heavy atom. The van der Waals surface area contributed by atoms with Crippen LogP contribution in [-0.4, -0.2) is 22.8 Å². The van der Waals surface area contributed by atoms with E-state index in [1.165, 1.54) is 11.1 Å². The first-order chi connectivity index (χ1) is 8.16. The second-order valence-electron chi connectivity index (χ2n) is 4.88. The minimum absolute atomic E-state index is 0.0274. The van der Waals surface area contributed by atoms with Crippen LogP contribution in [0.5, 0.6) is 0 Å². The van der Waals surface area contributed by atoms with Crippen LogP contribution in [0.3, 0.4) is 0 Å². The number of rotatable bonds is 6. The smallest absolute Gasteiger partial charge is 0.303 e. The number of aryl methyl sites for hydroxylation is 1. The number of carboxylic acids is 1. The molecule has 1 fully saturated rings. The number of aliphatic hydroxyl groups excluding tert-OH is 1. The van der Waals surface area contributed by atoms with Crippen molar-refractivity contribution in [2.75, 3.05) is 6.61 Å². The van der Waals surface area contributed by atoms with Gasteiger partial charge in [0, 0.05) is 11.8 Å². The van der Waals surface area contributed by atoms with Gasteiger partial charge in [-0.2, -0.15) is 0 Å². The Morgan fingerprint density at radius 2 is 1.88 bits per heavy atom. The summed E-state index contributed by atoms with van der Waals surface area (Å²) in [6.07, 6.45) is 3.85. The van der Waals surface area contributed by atoms with Gasteiger partial charge in [0.1, 0.15) is 0 Å². The van der Waals surface area contributed by atoms with Crippen LogP contribution in [0, 0.1) is 0 Å². The summed E-state index contributed by atoms with van der Waals surface area (Å²) in [4.78, 5) is 10.4. The fourth-order valence-corrected chi connectivity index (χ4v) is 2.16. The van der Waals surface area contributed by atoms with Gasteiger partial charge < -0.3 is 10.2 Å². The van der Waals surface area contributed by atoms with Crippen molar-refractivity contribution in [3.8, 4) is 0 Å². The first kappa shape index (κ1) is 12.1. The molecule has 2 rings (SSSR count). The largest absolute Gasteiger partial charge is 0.481 e. The lowest BCUT2D eigenvalue weighted by atomic mass is 9.95. The summed E-state index contributed by atoms with van der Waals surface area (Å²) < 4.78 is 0. The molecule has 1 aromatic carbocycles. The van der Waals surface area contributed by atoms with Gasteiger partial charge in [-0.05, 0) is 36.8 Å².